The fourth-order valence-electron chi connectivity index (χ4n) is 1.02. The van der Waals surface area contributed by atoms with Crippen molar-refractivity contribution in [2.24, 2.45) is 0 Å². The number of likely N-dealkylation sites (N-methyl/N-ethyl adjacent to an activating group) is 1. The lowest BCUT2D eigenvalue weighted by molar-refractivity contribution is 0.314. The molecule has 1 atom stereocenters. The van der Waals surface area contributed by atoms with Crippen molar-refractivity contribution >= 4 is 21.6 Å². The van der Waals surface area contributed by atoms with Crippen LogP contribution in [0.5, 0.6) is 0 Å². The van der Waals surface area contributed by atoms with E-state index in [-0.39, 0.29) is 16.1 Å². The van der Waals surface area contributed by atoms with Crippen LogP contribution in [-0.4, -0.2) is 45.0 Å². The summed E-state index contributed by atoms with van der Waals surface area (Å²) in [4.78, 5) is 5.80. The van der Waals surface area contributed by atoms with Gasteiger partial charge in [0.05, 0.1) is 0 Å². The Bertz CT molecular complexity index is 459. The fraction of sp³-hybridized carbons (Fsp3) is 0.500. The number of hydrogen-bond acceptors (Lipinski definition) is 4. The predicted molar refractivity (Wildman–Crippen MR) is 67.6 cm³/mol. The Kier molecular flexibility index (Phi) is 4.88. The average molecular weight is 278 g/mol. The van der Waals surface area contributed by atoms with E-state index in [0.29, 0.717) is 6.54 Å². The van der Waals surface area contributed by atoms with Crippen molar-refractivity contribution in [1.29, 1.82) is 0 Å². The minimum atomic E-state index is -3.50. The first-order chi connectivity index (χ1) is 7.83. The van der Waals surface area contributed by atoms with E-state index < -0.39 is 10.0 Å². The van der Waals surface area contributed by atoms with Gasteiger partial charge < -0.3 is 4.90 Å². The van der Waals surface area contributed by atoms with Gasteiger partial charge in [0, 0.05) is 18.8 Å². The summed E-state index contributed by atoms with van der Waals surface area (Å²) in [6, 6.07) is 2.99. The number of halogens is 1. The molecule has 1 aromatic heterocycles. The lowest BCUT2D eigenvalue weighted by atomic mass is 10.3. The molecule has 0 aliphatic rings. The van der Waals surface area contributed by atoms with Crippen LogP contribution in [-0.2, 0) is 10.0 Å². The summed E-state index contributed by atoms with van der Waals surface area (Å²) in [5.41, 5.74) is 0. The highest BCUT2D eigenvalue weighted by Crippen LogP contribution is 2.10. The van der Waals surface area contributed by atoms with Crippen molar-refractivity contribution in [1.82, 2.24) is 14.6 Å². The quantitative estimate of drug-likeness (QED) is 0.815. The predicted octanol–water partition coefficient (Wildman–Crippen LogP) is 0.963. The summed E-state index contributed by atoms with van der Waals surface area (Å²) in [6.07, 6.45) is 1.24. The number of nitrogens with zero attached hydrogens (tertiary/aromatic N) is 2. The third kappa shape index (κ3) is 4.23. The first-order valence-electron chi connectivity index (χ1n) is 5.10. The van der Waals surface area contributed by atoms with Gasteiger partial charge in [-0.2, -0.15) is 0 Å². The van der Waals surface area contributed by atoms with Crippen LogP contribution in [0.25, 0.3) is 0 Å². The van der Waals surface area contributed by atoms with Gasteiger partial charge in [-0.3, -0.25) is 0 Å². The number of nitrogens with one attached hydrogen (secondary N) is 1. The van der Waals surface area contributed by atoms with Gasteiger partial charge in [-0.1, -0.05) is 11.6 Å². The Hall–Kier alpha value is -0.690. The van der Waals surface area contributed by atoms with Crippen molar-refractivity contribution in [2.45, 2.75) is 17.9 Å². The van der Waals surface area contributed by atoms with E-state index in [4.69, 9.17) is 11.6 Å². The second-order valence-electron chi connectivity index (χ2n) is 3.98. The van der Waals surface area contributed by atoms with Crippen molar-refractivity contribution in [2.75, 3.05) is 20.6 Å². The molecule has 17 heavy (non-hydrogen) atoms. The molecule has 1 unspecified atom stereocenters. The lowest BCUT2D eigenvalue weighted by Gasteiger charge is -2.19. The Morgan fingerprint density at radius 2 is 2.12 bits per heavy atom. The average Bonchev–Trinajstić information content (AvgIpc) is 2.26. The van der Waals surface area contributed by atoms with Crippen LogP contribution in [0, 0.1) is 0 Å². The first kappa shape index (κ1) is 14.4. The fourth-order valence-corrected chi connectivity index (χ4v) is 2.20. The van der Waals surface area contributed by atoms with Crippen molar-refractivity contribution in [3.63, 3.8) is 0 Å². The van der Waals surface area contributed by atoms with E-state index >= 15 is 0 Å². The van der Waals surface area contributed by atoms with Gasteiger partial charge in [0.15, 0.2) is 0 Å². The molecule has 0 aromatic carbocycles. The van der Waals surface area contributed by atoms with Crippen LogP contribution in [0.4, 0.5) is 0 Å². The van der Waals surface area contributed by atoms with Gasteiger partial charge in [-0.25, -0.2) is 18.1 Å². The van der Waals surface area contributed by atoms with Gasteiger partial charge in [-0.15, -0.1) is 0 Å². The minimum Gasteiger partial charge on any atom is -0.305 e. The van der Waals surface area contributed by atoms with Gasteiger partial charge in [0.25, 0.3) is 0 Å². The van der Waals surface area contributed by atoms with E-state index in [2.05, 4.69) is 9.71 Å². The smallest absolute Gasteiger partial charge is 0.242 e. The van der Waals surface area contributed by atoms with Crippen LogP contribution >= 0.6 is 11.6 Å². The normalized spacial score (nSPS) is 13.9. The Balaban J connectivity index is 2.72. The standard InChI is InChI=1S/C10H16ClN3O2S/c1-8(14(2)3)6-13-17(15,16)9-4-5-10(11)12-7-9/h4-5,7-8,13H,6H2,1-3H3. The molecule has 0 aliphatic heterocycles. The number of rotatable bonds is 5. The Morgan fingerprint density at radius 1 is 1.47 bits per heavy atom. The lowest BCUT2D eigenvalue weighted by Crippen LogP contribution is -2.38. The summed E-state index contributed by atoms with van der Waals surface area (Å²) in [5.74, 6) is 0. The van der Waals surface area contributed by atoms with Gasteiger partial charge in [0.1, 0.15) is 10.0 Å². The zero-order valence-electron chi connectivity index (χ0n) is 10.0. The Morgan fingerprint density at radius 3 is 2.59 bits per heavy atom. The number of sulfonamides is 1. The van der Waals surface area contributed by atoms with Crippen LogP contribution in [0.3, 0.4) is 0 Å². The zero-order chi connectivity index (χ0) is 13.1. The molecule has 0 radical (unpaired) electrons. The number of pyridine rings is 1. The van der Waals surface area contributed by atoms with E-state index in [1.807, 2.05) is 25.9 Å². The molecular formula is C10H16ClN3O2S. The molecule has 0 amide bonds. The van der Waals surface area contributed by atoms with E-state index in [9.17, 15) is 8.42 Å². The summed E-state index contributed by atoms with van der Waals surface area (Å²) < 4.78 is 26.2. The third-order valence-electron chi connectivity index (χ3n) is 2.46. The van der Waals surface area contributed by atoms with Crippen molar-refractivity contribution in [3.8, 4) is 0 Å². The van der Waals surface area contributed by atoms with Crippen molar-refractivity contribution in [3.05, 3.63) is 23.5 Å². The van der Waals surface area contributed by atoms with Crippen LogP contribution in [0.15, 0.2) is 23.2 Å². The molecule has 0 bridgehead atoms. The molecule has 1 N–H and O–H groups in total. The maximum absolute atomic E-state index is 11.9. The molecule has 0 saturated carbocycles. The molecule has 0 aliphatic carbocycles. The molecule has 96 valence electrons. The maximum Gasteiger partial charge on any atom is 0.242 e. The molecule has 1 heterocycles. The van der Waals surface area contributed by atoms with Crippen molar-refractivity contribution < 1.29 is 8.42 Å². The van der Waals surface area contributed by atoms with Crippen LogP contribution in [0.2, 0.25) is 5.15 Å². The minimum absolute atomic E-state index is 0.116. The van der Waals surface area contributed by atoms with E-state index in [1.54, 1.807) is 0 Å². The van der Waals surface area contributed by atoms with Crippen LogP contribution < -0.4 is 4.72 Å². The summed E-state index contributed by atoms with van der Waals surface area (Å²) >= 11 is 5.60. The third-order valence-corrected chi connectivity index (χ3v) is 4.09. The zero-order valence-corrected chi connectivity index (χ0v) is 11.6. The van der Waals surface area contributed by atoms with E-state index in [0.717, 1.165) is 0 Å². The summed E-state index contributed by atoms with van der Waals surface area (Å²) in [6.45, 7) is 2.28. The molecule has 0 spiro atoms. The topological polar surface area (TPSA) is 62.3 Å². The monoisotopic (exact) mass is 277 g/mol. The largest absolute Gasteiger partial charge is 0.305 e. The molecule has 0 fully saturated rings. The molecule has 7 heteroatoms. The van der Waals surface area contributed by atoms with Gasteiger partial charge in [-0.05, 0) is 33.2 Å². The molecular weight excluding hydrogens is 262 g/mol. The highest BCUT2D eigenvalue weighted by Gasteiger charge is 2.16. The molecule has 1 rings (SSSR count). The summed E-state index contributed by atoms with van der Waals surface area (Å²) in [7, 11) is 0.280. The summed E-state index contributed by atoms with van der Waals surface area (Å²) in [5, 5.41) is 0.269. The number of hydrogen-bond donors (Lipinski definition) is 1. The van der Waals surface area contributed by atoms with E-state index in [1.165, 1.54) is 18.3 Å². The van der Waals surface area contributed by atoms with Crippen LogP contribution in [0.1, 0.15) is 6.92 Å². The maximum atomic E-state index is 11.9. The highest BCUT2D eigenvalue weighted by molar-refractivity contribution is 7.89. The SMILES string of the molecule is CC(CNS(=O)(=O)c1ccc(Cl)nc1)N(C)C. The number of aromatic nitrogens is 1. The molecule has 1 aromatic rings. The first-order valence-corrected chi connectivity index (χ1v) is 6.96. The second kappa shape index (κ2) is 5.77. The molecule has 5 nitrogen and oxygen atoms in total. The Labute approximate surface area is 107 Å². The highest BCUT2D eigenvalue weighted by atomic mass is 35.5. The van der Waals surface area contributed by atoms with Gasteiger partial charge >= 0.3 is 0 Å². The second-order valence-corrected chi connectivity index (χ2v) is 6.14. The van der Waals surface area contributed by atoms with Gasteiger partial charge in [0.2, 0.25) is 10.0 Å². The molecule has 0 saturated heterocycles.